The zero-order chi connectivity index (χ0) is 12.3. The van der Waals surface area contributed by atoms with Crippen LogP contribution in [0.15, 0.2) is 12.4 Å². The van der Waals surface area contributed by atoms with E-state index in [9.17, 15) is 0 Å². The standard InChI is InChI=1S/C13H24N4/c1-4-5-13-10-17(11(2)6-14-13)9-12-7-15-16(3)8-12/h7-8,11,13-14H,4-6,9-10H2,1-3H3. The van der Waals surface area contributed by atoms with Gasteiger partial charge < -0.3 is 5.32 Å². The summed E-state index contributed by atoms with van der Waals surface area (Å²) in [4.78, 5) is 2.56. The molecule has 2 rings (SSSR count). The first-order valence-corrected chi connectivity index (χ1v) is 6.64. The van der Waals surface area contributed by atoms with Gasteiger partial charge in [-0.3, -0.25) is 9.58 Å². The molecule has 1 fully saturated rings. The Morgan fingerprint density at radius 2 is 2.35 bits per heavy atom. The zero-order valence-corrected chi connectivity index (χ0v) is 11.2. The minimum atomic E-state index is 0.614. The molecule has 1 aliphatic rings. The highest BCUT2D eigenvalue weighted by molar-refractivity contribution is 5.04. The van der Waals surface area contributed by atoms with Gasteiger partial charge in [-0.25, -0.2) is 0 Å². The fraction of sp³-hybridized carbons (Fsp3) is 0.769. The molecule has 2 atom stereocenters. The first-order valence-electron chi connectivity index (χ1n) is 6.64. The molecule has 0 amide bonds. The fourth-order valence-electron chi connectivity index (χ4n) is 2.54. The van der Waals surface area contributed by atoms with E-state index in [1.54, 1.807) is 0 Å². The third-order valence-corrected chi connectivity index (χ3v) is 3.56. The molecule has 0 spiro atoms. The summed E-state index contributed by atoms with van der Waals surface area (Å²) >= 11 is 0. The number of piperazine rings is 1. The van der Waals surface area contributed by atoms with Crippen molar-refractivity contribution in [2.24, 2.45) is 7.05 Å². The number of nitrogens with zero attached hydrogens (tertiary/aromatic N) is 3. The molecule has 2 heterocycles. The summed E-state index contributed by atoms with van der Waals surface area (Å²) in [6.07, 6.45) is 6.62. The van der Waals surface area contributed by atoms with E-state index in [2.05, 4.69) is 35.4 Å². The van der Waals surface area contributed by atoms with Crippen LogP contribution in [0.25, 0.3) is 0 Å². The molecule has 2 unspecified atom stereocenters. The molecule has 17 heavy (non-hydrogen) atoms. The first-order chi connectivity index (χ1) is 8.19. The lowest BCUT2D eigenvalue weighted by Gasteiger charge is -2.38. The summed E-state index contributed by atoms with van der Waals surface area (Å²) in [5, 5.41) is 7.87. The molecule has 0 bridgehead atoms. The summed E-state index contributed by atoms with van der Waals surface area (Å²) in [6.45, 7) is 7.84. The average Bonchev–Trinajstić information content (AvgIpc) is 2.69. The molecule has 0 aliphatic carbocycles. The molecule has 1 saturated heterocycles. The number of nitrogens with one attached hydrogen (secondary N) is 1. The van der Waals surface area contributed by atoms with Crippen LogP contribution in [0.3, 0.4) is 0 Å². The molecule has 4 heteroatoms. The van der Waals surface area contributed by atoms with Crippen molar-refractivity contribution in [3.05, 3.63) is 18.0 Å². The normalized spacial score (nSPS) is 26.3. The molecule has 96 valence electrons. The Morgan fingerprint density at radius 1 is 1.53 bits per heavy atom. The molecular formula is C13H24N4. The molecule has 1 N–H and O–H groups in total. The van der Waals surface area contributed by atoms with Crippen molar-refractivity contribution in [3.63, 3.8) is 0 Å². The van der Waals surface area contributed by atoms with E-state index in [0.29, 0.717) is 12.1 Å². The highest BCUT2D eigenvalue weighted by atomic mass is 15.3. The Hall–Kier alpha value is -0.870. The van der Waals surface area contributed by atoms with Crippen molar-refractivity contribution >= 4 is 0 Å². The van der Waals surface area contributed by atoms with Gasteiger partial charge in [-0.2, -0.15) is 5.10 Å². The first kappa shape index (κ1) is 12.6. The van der Waals surface area contributed by atoms with Gasteiger partial charge in [-0.1, -0.05) is 13.3 Å². The summed E-state index contributed by atoms with van der Waals surface area (Å²) in [5.74, 6) is 0. The van der Waals surface area contributed by atoms with Crippen LogP contribution < -0.4 is 5.32 Å². The van der Waals surface area contributed by atoms with Crippen LogP contribution in [0, 0.1) is 0 Å². The summed E-state index contributed by atoms with van der Waals surface area (Å²) in [5.41, 5.74) is 1.32. The maximum atomic E-state index is 4.24. The Morgan fingerprint density at radius 3 is 3.00 bits per heavy atom. The van der Waals surface area contributed by atoms with Gasteiger partial charge in [0.1, 0.15) is 0 Å². The van der Waals surface area contributed by atoms with Crippen LogP contribution in [-0.4, -0.2) is 39.9 Å². The van der Waals surface area contributed by atoms with Crippen molar-refractivity contribution in [1.82, 2.24) is 20.0 Å². The number of aryl methyl sites for hydroxylation is 1. The van der Waals surface area contributed by atoms with Gasteiger partial charge in [0, 0.05) is 50.5 Å². The smallest absolute Gasteiger partial charge is 0.0534 e. The Balaban J connectivity index is 1.93. The van der Waals surface area contributed by atoms with Gasteiger partial charge in [-0.05, 0) is 13.3 Å². The molecule has 1 aromatic heterocycles. The van der Waals surface area contributed by atoms with Crippen molar-refractivity contribution < 1.29 is 0 Å². The number of rotatable bonds is 4. The fourth-order valence-corrected chi connectivity index (χ4v) is 2.54. The van der Waals surface area contributed by atoms with E-state index in [1.807, 2.05) is 17.9 Å². The highest BCUT2D eigenvalue weighted by Gasteiger charge is 2.24. The van der Waals surface area contributed by atoms with E-state index in [-0.39, 0.29) is 0 Å². The molecule has 0 saturated carbocycles. The van der Waals surface area contributed by atoms with Crippen LogP contribution in [0.4, 0.5) is 0 Å². The van der Waals surface area contributed by atoms with Gasteiger partial charge in [-0.15, -0.1) is 0 Å². The minimum Gasteiger partial charge on any atom is -0.311 e. The van der Waals surface area contributed by atoms with E-state index in [4.69, 9.17) is 0 Å². The lowest BCUT2D eigenvalue weighted by atomic mass is 10.1. The molecule has 1 aliphatic heterocycles. The van der Waals surface area contributed by atoms with Gasteiger partial charge in [0.2, 0.25) is 0 Å². The summed E-state index contributed by atoms with van der Waals surface area (Å²) < 4.78 is 1.88. The van der Waals surface area contributed by atoms with Crippen molar-refractivity contribution in [2.45, 2.75) is 45.3 Å². The van der Waals surface area contributed by atoms with Crippen LogP contribution >= 0.6 is 0 Å². The van der Waals surface area contributed by atoms with Crippen molar-refractivity contribution in [1.29, 1.82) is 0 Å². The van der Waals surface area contributed by atoms with Crippen LogP contribution in [0.1, 0.15) is 32.3 Å². The average molecular weight is 236 g/mol. The van der Waals surface area contributed by atoms with Crippen LogP contribution in [-0.2, 0) is 13.6 Å². The number of aromatic nitrogens is 2. The largest absolute Gasteiger partial charge is 0.311 e. The van der Waals surface area contributed by atoms with E-state index < -0.39 is 0 Å². The third-order valence-electron chi connectivity index (χ3n) is 3.56. The topological polar surface area (TPSA) is 33.1 Å². The zero-order valence-electron chi connectivity index (χ0n) is 11.2. The molecule has 1 aromatic rings. The lowest BCUT2D eigenvalue weighted by molar-refractivity contribution is 0.129. The minimum absolute atomic E-state index is 0.614. The van der Waals surface area contributed by atoms with Gasteiger partial charge >= 0.3 is 0 Å². The second kappa shape index (κ2) is 5.65. The lowest BCUT2D eigenvalue weighted by Crippen LogP contribution is -2.54. The summed E-state index contributed by atoms with van der Waals surface area (Å²) in [6, 6.07) is 1.27. The predicted molar refractivity (Wildman–Crippen MR) is 69.8 cm³/mol. The molecule has 0 radical (unpaired) electrons. The maximum absolute atomic E-state index is 4.24. The van der Waals surface area contributed by atoms with Gasteiger partial charge in [0.15, 0.2) is 0 Å². The molecule has 4 nitrogen and oxygen atoms in total. The second-order valence-electron chi connectivity index (χ2n) is 5.19. The van der Waals surface area contributed by atoms with Crippen molar-refractivity contribution in [2.75, 3.05) is 13.1 Å². The van der Waals surface area contributed by atoms with E-state index in [1.165, 1.54) is 18.4 Å². The van der Waals surface area contributed by atoms with Gasteiger partial charge in [0.05, 0.1) is 6.20 Å². The number of hydrogen-bond donors (Lipinski definition) is 1. The Labute approximate surface area is 104 Å². The van der Waals surface area contributed by atoms with Crippen molar-refractivity contribution in [3.8, 4) is 0 Å². The highest BCUT2D eigenvalue weighted by Crippen LogP contribution is 2.14. The monoisotopic (exact) mass is 236 g/mol. The summed E-state index contributed by atoms with van der Waals surface area (Å²) in [7, 11) is 1.98. The molecular weight excluding hydrogens is 212 g/mol. The molecule has 0 aromatic carbocycles. The number of hydrogen-bond acceptors (Lipinski definition) is 3. The predicted octanol–water partition coefficient (Wildman–Crippen LogP) is 1.38. The Kier molecular flexibility index (Phi) is 4.18. The SMILES string of the molecule is CCCC1CN(Cc2cnn(C)c2)C(C)CN1. The maximum Gasteiger partial charge on any atom is 0.0534 e. The van der Waals surface area contributed by atoms with Crippen LogP contribution in [0.5, 0.6) is 0 Å². The third kappa shape index (κ3) is 3.30. The second-order valence-corrected chi connectivity index (χ2v) is 5.19. The van der Waals surface area contributed by atoms with Crippen LogP contribution in [0.2, 0.25) is 0 Å². The Bertz CT molecular complexity index is 347. The van der Waals surface area contributed by atoms with E-state index >= 15 is 0 Å². The van der Waals surface area contributed by atoms with E-state index in [0.717, 1.165) is 19.6 Å². The quantitative estimate of drug-likeness (QED) is 0.857. The van der Waals surface area contributed by atoms with Gasteiger partial charge in [0.25, 0.3) is 0 Å².